The maximum absolute atomic E-state index is 12.9. The van der Waals surface area contributed by atoms with Crippen molar-refractivity contribution < 1.29 is 24.2 Å². The predicted octanol–water partition coefficient (Wildman–Crippen LogP) is 2.21. The maximum atomic E-state index is 12.9. The van der Waals surface area contributed by atoms with E-state index in [1.54, 1.807) is 44.4 Å². The van der Waals surface area contributed by atoms with Crippen LogP contribution in [0.15, 0.2) is 48.5 Å². The highest BCUT2D eigenvalue weighted by Crippen LogP contribution is 2.30. The van der Waals surface area contributed by atoms with E-state index in [0.717, 1.165) is 10.5 Å². The largest absolute Gasteiger partial charge is 0.497 e. The molecule has 1 aliphatic heterocycles. The van der Waals surface area contributed by atoms with E-state index in [4.69, 9.17) is 9.47 Å². The van der Waals surface area contributed by atoms with Gasteiger partial charge < -0.3 is 19.9 Å². The summed E-state index contributed by atoms with van der Waals surface area (Å²) in [6, 6.07) is 13.8. The van der Waals surface area contributed by atoms with Crippen LogP contribution >= 0.6 is 0 Å². The Kier molecular flexibility index (Phi) is 5.56. The Morgan fingerprint density at radius 2 is 1.82 bits per heavy atom. The molecule has 3 amide bonds. The number of methoxy groups -OCH3 is 1. The Morgan fingerprint density at radius 3 is 2.46 bits per heavy atom. The third kappa shape index (κ3) is 3.80. The summed E-state index contributed by atoms with van der Waals surface area (Å²) >= 11 is 0. The Bertz CT molecular complexity index is 867. The summed E-state index contributed by atoms with van der Waals surface area (Å²) in [5.74, 6) is 0.893. The van der Waals surface area contributed by atoms with Crippen molar-refractivity contribution in [3.63, 3.8) is 0 Å². The van der Waals surface area contributed by atoms with Gasteiger partial charge in [-0.25, -0.2) is 4.79 Å². The fourth-order valence-corrected chi connectivity index (χ4v) is 3.15. The lowest BCUT2D eigenvalue weighted by molar-refractivity contribution is -0.132. The zero-order valence-corrected chi connectivity index (χ0v) is 16.1. The molecule has 2 atom stereocenters. The number of imide groups is 1. The summed E-state index contributed by atoms with van der Waals surface area (Å²) in [6.07, 6.45) is -1.01. The number of β-amino-alcohol motifs (C(OH)–C–C–N with tert-alkyl or cyclic N) is 1. The molecule has 1 fully saturated rings. The molecule has 148 valence electrons. The Hall–Kier alpha value is -3.06. The number of hydrogen-bond acceptors (Lipinski definition) is 5. The summed E-state index contributed by atoms with van der Waals surface area (Å²) in [5.41, 5.74) is 0.386. The molecule has 2 aromatic carbocycles. The number of para-hydroxylation sites is 1. The van der Waals surface area contributed by atoms with E-state index in [2.05, 4.69) is 5.32 Å². The lowest BCUT2D eigenvalue weighted by Gasteiger charge is -2.23. The van der Waals surface area contributed by atoms with E-state index in [9.17, 15) is 14.7 Å². The van der Waals surface area contributed by atoms with Gasteiger partial charge in [0.1, 0.15) is 29.7 Å². The van der Waals surface area contributed by atoms with E-state index in [-0.39, 0.29) is 13.2 Å². The molecule has 28 heavy (non-hydrogen) atoms. The first-order valence-electron chi connectivity index (χ1n) is 9.00. The van der Waals surface area contributed by atoms with E-state index in [0.29, 0.717) is 17.1 Å². The molecule has 1 saturated heterocycles. The van der Waals surface area contributed by atoms with Crippen molar-refractivity contribution in [3.05, 3.63) is 59.7 Å². The van der Waals surface area contributed by atoms with Crippen LogP contribution in [0.1, 0.15) is 18.1 Å². The average molecular weight is 384 g/mol. The first-order chi connectivity index (χ1) is 13.3. The van der Waals surface area contributed by atoms with Gasteiger partial charge >= 0.3 is 6.03 Å². The minimum absolute atomic E-state index is 0.0266. The summed E-state index contributed by atoms with van der Waals surface area (Å²) in [5, 5.41) is 13.0. The number of aryl methyl sites for hydroxylation is 1. The van der Waals surface area contributed by atoms with Crippen molar-refractivity contribution in [1.82, 2.24) is 10.2 Å². The molecule has 0 radical (unpaired) electrons. The first kappa shape index (κ1) is 19.7. The van der Waals surface area contributed by atoms with Gasteiger partial charge in [0, 0.05) is 0 Å². The van der Waals surface area contributed by atoms with Crippen LogP contribution in [0.2, 0.25) is 0 Å². The minimum Gasteiger partial charge on any atom is -0.497 e. The lowest BCUT2D eigenvalue weighted by atomic mass is 9.92. The van der Waals surface area contributed by atoms with E-state index >= 15 is 0 Å². The number of carbonyl (C=O) groups excluding carboxylic acids is 2. The number of rotatable bonds is 7. The van der Waals surface area contributed by atoms with Crippen LogP contribution in [0.25, 0.3) is 0 Å². The van der Waals surface area contributed by atoms with Gasteiger partial charge in [-0.1, -0.05) is 30.3 Å². The van der Waals surface area contributed by atoms with Crippen molar-refractivity contribution in [1.29, 1.82) is 0 Å². The molecular weight excluding hydrogens is 360 g/mol. The van der Waals surface area contributed by atoms with Gasteiger partial charge in [-0.05, 0) is 43.2 Å². The standard InChI is InChI=1S/C21H24N2O5/c1-14-6-4-5-7-18(14)28-13-16(24)12-23-19(25)21(2,22-20(23)26)15-8-10-17(27-3)11-9-15/h4-11,16,24H,12-13H2,1-3H3,(H,22,26)/t16-,21-/m0/s1. The van der Waals surface area contributed by atoms with Gasteiger partial charge in [-0.2, -0.15) is 0 Å². The zero-order valence-electron chi connectivity index (χ0n) is 16.1. The molecule has 2 aromatic rings. The quantitative estimate of drug-likeness (QED) is 0.715. The van der Waals surface area contributed by atoms with Crippen molar-refractivity contribution in [3.8, 4) is 11.5 Å². The molecule has 7 heteroatoms. The van der Waals surface area contributed by atoms with Gasteiger partial charge in [-0.3, -0.25) is 9.69 Å². The number of nitrogens with zero attached hydrogens (tertiary/aromatic N) is 1. The number of nitrogens with one attached hydrogen (secondary N) is 1. The van der Waals surface area contributed by atoms with Crippen LogP contribution in [0.4, 0.5) is 4.79 Å². The Balaban J connectivity index is 1.66. The number of aliphatic hydroxyl groups is 1. The summed E-state index contributed by atoms with van der Waals surface area (Å²) < 4.78 is 10.7. The number of carbonyl (C=O) groups is 2. The van der Waals surface area contributed by atoms with Crippen molar-refractivity contribution in [2.45, 2.75) is 25.5 Å². The SMILES string of the molecule is COc1ccc([C@]2(C)NC(=O)N(C[C@H](O)COc3ccccc3C)C2=O)cc1. The van der Waals surface area contributed by atoms with E-state index in [1.807, 2.05) is 25.1 Å². The molecule has 3 rings (SSSR count). The Labute approximate surface area is 163 Å². The van der Waals surface area contributed by atoms with E-state index in [1.165, 1.54) is 0 Å². The first-order valence-corrected chi connectivity index (χ1v) is 9.00. The molecule has 2 N–H and O–H groups in total. The van der Waals surface area contributed by atoms with Crippen LogP contribution in [0.3, 0.4) is 0 Å². The molecule has 0 aliphatic carbocycles. The molecule has 7 nitrogen and oxygen atoms in total. The van der Waals surface area contributed by atoms with Gasteiger partial charge in [0.15, 0.2) is 0 Å². The highest BCUT2D eigenvalue weighted by molar-refractivity contribution is 6.07. The number of hydrogen-bond donors (Lipinski definition) is 2. The third-order valence-corrected chi connectivity index (χ3v) is 4.86. The number of ether oxygens (including phenoxy) is 2. The molecule has 0 aromatic heterocycles. The predicted molar refractivity (Wildman–Crippen MR) is 103 cm³/mol. The minimum atomic E-state index is -1.19. The van der Waals surface area contributed by atoms with Crippen molar-refractivity contribution in [2.75, 3.05) is 20.3 Å². The monoisotopic (exact) mass is 384 g/mol. The van der Waals surface area contributed by atoms with Gasteiger partial charge in [0.2, 0.25) is 0 Å². The second-order valence-corrected chi connectivity index (χ2v) is 6.93. The van der Waals surface area contributed by atoms with Crippen LogP contribution in [0, 0.1) is 6.92 Å². The van der Waals surface area contributed by atoms with Gasteiger partial charge in [0.25, 0.3) is 5.91 Å². The van der Waals surface area contributed by atoms with E-state index < -0.39 is 23.6 Å². The maximum Gasteiger partial charge on any atom is 0.325 e. The zero-order chi connectivity index (χ0) is 20.3. The van der Waals surface area contributed by atoms with Gasteiger partial charge in [-0.15, -0.1) is 0 Å². The average Bonchev–Trinajstić information content (AvgIpc) is 2.91. The lowest BCUT2D eigenvalue weighted by Crippen LogP contribution is -2.42. The van der Waals surface area contributed by atoms with Crippen LogP contribution < -0.4 is 14.8 Å². The number of urea groups is 1. The summed E-state index contributed by atoms with van der Waals surface area (Å²) in [7, 11) is 1.56. The normalized spacial score (nSPS) is 20.1. The second-order valence-electron chi connectivity index (χ2n) is 6.93. The summed E-state index contributed by atoms with van der Waals surface area (Å²) in [6.45, 7) is 3.37. The van der Waals surface area contributed by atoms with Gasteiger partial charge in [0.05, 0.1) is 13.7 Å². The molecule has 1 heterocycles. The third-order valence-electron chi connectivity index (χ3n) is 4.86. The molecule has 0 bridgehead atoms. The molecule has 0 saturated carbocycles. The molecule has 1 aliphatic rings. The van der Waals surface area contributed by atoms with Crippen molar-refractivity contribution in [2.24, 2.45) is 0 Å². The fraction of sp³-hybridized carbons (Fsp3) is 0.333. The topological polar surface area (TPSA) is 88.1 Å². The van der Waals surface area contributed by atoms with Crippen LogP contribution in [0.5, 0.6) is 11.5 Å². The fourth-order valence-electron chi connectivity index (χ4n) is 3.15. The van der Waals surface area contributed by atoms with Crippen LogP contribution in [-0.2, 0) is 10.3 Å². The number of benzene rings is 2. The van der Waals surface area contributed by atoms with Crippen molar-refractivity contribution >= 4 is 11.9 Å². The molecule has 0 unspecified atom stereocenters. The second kappa shape index (κ2) is 7.90. The Morgan fingerprint density at radius 1 is 1.14 bits per heavy atom. The number of aliphatic hydroxyl groups excluding tert-OH is 1. The molecular formula is C21H24N2O5. The molecule has 0 spiro atoms. The highest BCUT2D eigenvalue weighted by Gasteiger charge is 2.49. The van der Waals surface area contributed by atoms with Crippen LogP contribution in [-0.4, -0.2) is 48.3 Å². The number of amides is 3. The summed E-state index contributed by atoms with van der Waals surface area (Å²) in [4.78, 5) is 26.3. The highest BCUT2D eigenvalue weighted by atomic mass is 16.5. The smallest absolute Gasteiger partial charge is 0.325 e.